The Labute approximate surface area is 132 Å². The molecule has 0 fully saturated rings. The second kappa shape index (κ2) is 7.19. The predicted molar refractivity (Wildman–Crippen MR) is 86.1 cm³/mol. The Bertz CT molecular complexity index is 615. The van der Waals surface area contributed by atoms with E-state index < -0.39 is 0 Å². The fourth-order valence-corrected chi connectivity index (χ4v) is 2.27. The number of nitrogen functional groups attached to an aromatic ring is 1. The molecule has 0 bridgehead atoms. The van der Waals surface area contributed by atoms with Gasteiger partial charge in [0.2, 0.25) is 5.91 Å². The first-order valence-corrected chi connectivity index (χ1v) is 7.28. The van der Waals surface area contributed by atoms with E-state index in [1.54, 1.807) is 6.20 Å². The number of benzene rings is 1. The van der Waals surface area contributed by atoms with Crippen molar-refractivity contribution in [1.29, 1.82) is 0 Å². The van der Waals surface area contributed by atoms with Crippen LogP contribution in [0.15, 0.2) is 47.1 Å². The molecule has 2 aromatic rings. The Morgan fingerprint density at radius 3 is 2.57 bits per heavy atom. The smallest absolute Gasteiger partial charge is 0.231 e. The number of nitrogens with two attached hydrogens (primary N) is 2. The molecule has 5 nitrogen and oxygen atoms in total. The number of carbonyl (C=O) groups excluding carboxylic acids is 1. The normalized spacial score (nSPS) is 10.8. The van der Waals surface area contributed by atoms with Crippen LogP contribution >= 0.6 is 15.9 Å². The van der Waals surface area contributed by atoms with E-state index in [-0.39, 0.29) is 12.5 Å². The fourth-order valence-electron chi connectivity index (χ4n) is 2.04. The first-order valence-electron chi connectivity index (χ1n) is 6.49. The van der Waals surface area contributed by atoms with Crippen LogP contribution in [0.4, 0.5) is 5.69 Å². The van der Waals surface area contributed by atoms with Gasteiger partial charge in [-0.2, -0.15) is 0 Å². The number of carbonyl (C=O) groups is 1. The van der Waals surface area contributed by atoms with E-state index in [0.717, 1.165) is 15.7 Å². The Hall–Kier alpha value is -1.92. The summed E-state index contributed by atoms with van der Waals surface area (Å²) in [4.78, 5) is 17.5. The first-order chi connectivity index (χ1) is 10.0. The minimum absolute atomic E-state index is 0.159. The molecule has 0 unspecified atom stereocenters. The van der Waals surface area contributed by atoms with Crippen LogP contribution in [-0.2, 0) is 17.9 Å². The molecule has 0 radical (unpaired) electrons. The van der Waals surface area contributed by atoms with Crippen molar-refractivity contribution >= 4 is 27.5 Å². The van der Waals surface area contributed by atoms with Crippen molar-refractivity contribution in [3.05, 3.63) is 58.3 Å². The third-order valence-electron chi connectivity index (χ3n) is 3.00. The lowest BCUT2D eigenvalue weighted by atomic mass is 10.1. The van der Waals surface area contributed by atoms with Gasteiger partial charge < -0.3 is 11.5 Å². The van der Waals surface area contributed by atoms with Gasteiger partial charge in [-0.1, -0.05) is 18.2 Å². The molecule has 110 valence electrons. The summed E-state index contributed by atoms with van der Waals surface area (Å²) in [7, 11) is 0. The highest BCUT2D eigenvalue weighted by atomic mass is 79.9. The minimum Gasteiger partial charge on any atom is -0.398 e. The van der Waals surface area contributed by atoms with Gasteiger partial charge in [0, 0.05) is 29.4 Å². The zero-order valence-electron chi connectivity index (χ0n) is 11.5. The van der Waals surface area contributed by atoms with Crippen LogP contribution in [0.1, 0.15) is 11.3 Å². The number of aromatic nitrogens is 1. The van der Waals surface area contributed by atoms with Gasteiger partial charge in [-0.25, -0.2) is 0 Å². The summed E-state index contributed by atoms with van der Waals surface area (Å²) in [5.41, 5.74) is 13.8. The number of nitrogens with zero attached hydrogens (tertiary/aromatic N) is 2. The SMILES string of the molecule is NC(=O)CN(Cc1ccc(Br)cn1)Cc1ccccc1N. The average Bonchev–Trinajstić information content (AvgIpc) is 2.43. The number of amides is 1. The van der Waals surface area contributed by atoms with E-state index in [1.165, 1.54) is 0 Å². The molecule has 0 spiro atoms. The number of primary amides is 1. The van der Waals surface area contributed by atoms with Crippen LogP contribution in [0.3, 0.4) is 0 Å². The van der Waals surface area contributed by atoms with Gasteiger partial charge >= 0.3 is 0 Å². The van der Waals surface area contributed by atoms with Gasteiger partial charge in [0.05, 0.1) is 12.2 Å². The summed E-state index contributed by atoms with van der Waals surface area (Å²) in [5.74, 6) is -0.374. The lowest BCUT2D eigenvalue weighted by Crippen LogP contribution is -2.33. The molecule has 1 amide bonds. The number of rotatable bonds is 6. The first kappa shape index (κ1) is 15.5. The van der Waals surface area contributed by atoms with Crippen molar-refractivity contribution in [3.8, 4) is 0 Å². The van der Waals surface area contributed by atoms with Crippen molar-refractivity contribution in [2.75, 3.05) is 12.3 Å². The summed E-state index contributed by atoms with van der Waals surface area (Å²) in [5, 5.41) is 0. The maximum Gasteiger partial charge on any atom is 0.231 e. The van der Waals surface area contributed by atoms with Gasteiger partial charge in [-0.15, -0.1) is 0 Å². The molecule has 6 heteroatoms. The molecule has 1 aromatic heterocycles. The monoisotopic (exact) mass is 348 g/mol. The molecule has 2 rings (SSSR count). The highest BCUT2D eigenvalue weighted by molar-refractivity contribution is 9.10. The Morgan fingerprint density at radius 1 is 1.19 bits per heavy atom. The molecule has 0 aliphatic carbocycles. The van der Waals surface area contributed by atoms with Gasteiger partial charge in [-0.3, -0.25) is 14.7 Å². The molecule has 4 N–H and O–H groups in total. The maximum atomic E-state index is 11.3. The Kier molecular flexibility index (Phi) is 5.30. The van der Waals surface area contributed by atoms with Crippen LogP contribution in [-0.4, -0.2) is 22.3 Å². The lowest BCUT2D eigenvalue weighted by Gasteiger charge is -2.21. The molecule has 1 aromatic carbocycles. The van der Waals surface area contributed by atoms with E-state index in [9.17, 15) is 4.79 Å². The fraction of sp³-hybridized carbons (Fsp3) is 0.200. The van der Waals surface area contributed by atoms with E-state index in [4.69, 9.17) is 11.5 Å². The molecule has 0 atom stereocenters. The summed E-state index contributed by atoms with van der Waals surface area (Å²) in [6.07, 6.45) is 1.73. The van der Waals surface area contributed by atoms with Crippen molar-refractivity contribution in [1.82, 2.24) is 9.88 Å². The van der Waals surface area contributed by atoms with Gasteiger partial charge in [0.25, 0.3) is 0 Å². The Morgan fingerprint density at radius 2 is 1.95 bits per heavy atom. The maximum absolute atomic E-state index is 11.3. The largest absolute Gasteiger partial charge is 0.398 e. The molecule has 0 aliphatic rings. The summed E-state index contributed by atoms with van der Waals surface area (Å²) in [6, 6.07) is 11.4. The van der Waals surface area contributed by atoms with E-state index in [2.05, 4.69) is 20.9 Å². The number of hydrogen-bond donors (Lipinski definition) is 2. The van der Waals surface area contributed by atoms with Crippen LogP contribution in [0, 0.1) is 0 Å². The third kappa shape index (κ3) is 4.84. The van der Waals surface area contributed by atoms with Gasteiger partial charge in [-0.05, 0) is 39.7 Å². The molecular weight excluding hydrogens is 332 g/mol. The highest BCUT2D eigenvalue weighted by Crippen LogP contribution is 2.15. The van der Waals surface area contributed by atoms with Crippen LogP contribution < -0.4 is 11.5 Å². The summed E-state index contributed by atoms with van der Waals surface area (Å²) in [6.45, 7) is 1.24. The topological polar surface area (TPSA) is 85.2 Å². The standard InChI is InChI=1S/C15H17BrN4O/c16-12-5-6-13(19-7-12)9-20(10-15(18)21)8-11-3-1-2-4-14(11)17/h1-7H,8-10,17H2,(H2,18,21). The molecule has 0 saturated heterocycles. The van der Waals surface area contributed by atoms with Crippen LogP contribution in [0.5, 0.6) is 0 Å². The molecule has 21 heavy (non-hydrogen) atoms. The van der Waals surface area contributed by atoms with E-state index in [0.29, 0.717) is 18.8 Å². The molecular formula is C15H17BrN4O. The number of para-hydroxylation sites is 1. The number of halogens is 1. The zero-order valence-corrected chi connectivity index (χ0v) is 13.1. The van der Waals surface area contributed by atoms with Crippen LogP contribution in [0.25, 0.3) is 0 Å². The predicted octanol–water partition coefficient (Wildman–Crippen LogP) is 1.91. The lowest BCUT2D eigenvalue weighted by molar-refractivity contribution is -0.119. The quantitative estimate of drug-likeness (QED) is 0.781. The third-order valence-corrected chi connectivity index (χ3v) is 3.47. The minimum atomic E-state index is -0.374. The highest BCUT2D eigenvalue weighted by Gasteiger charge is 2.12. The number of anilines is 1. The number of pyridine rings is 1. The second-order valence-corrected chi connectivity index (χ2v) is 5.69. The number of hydrogen-bond acceptors (Lipinski definition) is 4. The van der Waals surface area contributed by atoms with E-state index >= 15 is 0 Å². The van der Waals surface area contributed by atoms with Crippen molar-refractivity contribution < 1.29 is 4.79 Å². The van der Waals surface area contributed by atoms with E-state index in [1.807, 2.05) is 41.3 Å². The van der Waals surface area contributed by atoms with Crippen molar-refractivity contribution in [2.45, 2.75) is 13.1 Å². The van der Waals surface area contributed by atoms with Gasteiger partial charge in [0.15, 0.2) is 0 Å². The van der Waals surface area contributed by atoms with Crippen molar-refractivity contribution in [2.24, 2.45) is 5.73 Å². The van der Waals surface area contributed by atoms with Gasteiger partial charge in [0.1, 0.15) is 0 Å². The molecule has 0 aliphatic heterocycles. The van der Waals surface area contributed by atoms with Crippen LogP contribution in [0.2, 0.25) is 0 Å². The summed E-state index contributed by atoms with van der Waals surface area (Å²) < 4.78 is 0.917. The Balaban J connectivity index is 2.12. The average molecular weight is 349 g/mol. The van der Waals surface area contributed by atoms with Crippen molar-refractivity contribution in [3.63, 3.8) is 0 Å². The summed E-state index contributed by atoms with van der Waals surface area (Å²) >= 11 is 3.35. The zero-order chi connectivity index (χ0) is 15.2. The second-order valence-electron chi connectivity index (χ2n) is 4.78. The molecule has 0 saturated carbocycles. The molecule has 1 heterocycles.